The van der Waals surface area contributed by atoms with E-state index in [4.69, 9.17) is 27.9 Å². The van der Waals surface area contributed by atoms with Crippen molar-refractivity contribution in [1.82, 2.24) is 10.2 Å². The number of carbonyl (C=O) groups is 2. The Hall–Kier alpha value is -3.02. The van der Waals surface area contributed by atoms with Gasteiger partial charge in [0.25, 0.3) is 5.91 Å². The Balaban J connectivity index is 1.89. The van der Waals surface area contributed by atoms with Gasteiger partial charge in [-0.2, -0.15) is 0 Å². The molecule has 0 aromatic heterocycles. The first-order chi connectivity index (χ1) is 17.4. The fraction of sp³-hybridized carbons (Fsp3) is 0.310. The number of rotatable bonds is 12. The molecule has 0 aliphatic carbocycles. The molecule has 190 valence electrons. The van der Waals surface area contributed by atoms with Gasteiger partial charge in [-0.15, -0.1) is 0 Å². The number of halogens is 2. The number of amides is 2. The Labute approximate surface area is 223 Å². The lowest BCUT2D eigenvalue weighted by Gasteiger charge is -2.31. The summed E-state index contributed by atoms with van der Waals surface area (Å²) in [6.45, 7) is 4.51. The highest BCUT2D eigenvalue weighted by atomic mass is 35.5. The number of ether oxygens (including phenoxy) is 1. The molecular formula is C29H32Cl2N2O3. The largest absolute Gasteiger partial charge is 0.484 e. The highest BCUT2D eigenvalue weighted by Crippen LogP contribution is 2.22. The summed E-state index contributed by atoms with van der Waals surface area (Å²) in [4.78, 5) is 28.6. The van der Waals surface area contributed by atoms with Gasteiger partial charge >= 0.3 is 0 Å². The molecule has 3 aromatic rings. The Morgan fingerprint density at radius 3 is 2.42 bits per heavy atom. The van der Waals surface area contributed by atoms with Crippen LogP contribution in [0.15, 0.2) is 72.8 Å². The van der Waals surface area contributed by atoms with Gasteiger partial charge in [-0.05, 0) is 60.4 Å². The predicted octanol–water partition coefficient (Wildman–Crippen LogP) is 6.24. The topological polar surface area (TPSA) is 58.6 Å². The molecule has 3 aromatic carbocycles. The zero-order valence-corrected chi connectivity index (χ0v) is 22.2. The summed E-state index contributed by atoms with van der Waals surface area (Å²) in [5.41, 5.74) is 2.65. The first-order valence-corrected chi connectivity index (χ1v) is 12.9. The first-order valence-electron chi connectivity index (χ1n) is 12.1. The number of nitrogens with zero attached hydrogens (tertiary/aromatic N) is 1. The lowest BCUT2D eigenvalue weighted by atomic mass is 10.0. The van der Waals surface area contributed by atoms with Crippen LogP contribution in [0.3, 0.4) is 0 Å². The summed E-state index contributed by atoms with van der Waals surface area (Å²) < 4.78 is 5.82. The van der Waals surface area contributed by atoms with Crippen molar-refractivity contribution in [3.63, 3.8) is 0 Å². The van der Waals surface area contributed by atoms with Gasteiger partial charge in [0.05, 0.1) is 0 Å². The molecule has 0 aliphatic rings. The van der Waals surface area contributed by atoms with E-state index in [0.29, 0.717) is 28.8 Å². The van der Waals surface area contributed by atoms with E-state index >= 15 is 0 Å². The SMILES string of the molecule is CCCCNC(=O)C(Cc1ccccc1)N(Cc1cccc(Cl)c1)C(=O)COc1ccc(Cl)c(C)c1. The molecule has 5 nitrogen and oxygen atoms in total. The van der Waals surface area contributed by atoms with Crippen molar-refractivity contribution in [1.29, 1.82) is 0 Å². The summed E-state index contributed by atoms with van der Waals surface area (Å²) in [6.07, 6.45) is 2.21. The summed E-state index contributed by atoms with van der Waals surface area (Å²) in [5, 5.41) is 4.21. The third-order valence-electron chi connectivity index (χ3n) is 5.83. The summed E-state index contributed by atoms with van der Waals surface area (Å²) in [6, 6.07) is 21.5. The Morgan fingerprint density at radius 1 is 0.972 bits per heavy atom. The molecule has 0 spiro atoms. The van der Waals surface area contributed by atoms with E-state index in [0.717, 1.165) is 29.5 Å². The number of carbonyl (C=O) groups excluding carboxylic acids is 2. The number of hydrogen-bond acceptors (Lipinski definition) is 3. The van der Waals surface area contributed by atoms with Gasteiger partial charge in [-0.25, -0.2) is 0 Å². The fourth-order valence-corrected chi connectivity index (χ4v) is 4.16. The smallest absolute Gasteiger partial charge is 0.261 e. The van der Waals surface area contributed by atoms with Gasteiger partial charge in [0.15, 0.2) is 6.61 Å². The fourth-order valence-electron chi connectivity index (χ4n) is 3.83. The number of hydrogen-bond donors (Lipinski definition) is 1. The molecule has 7 heteroatoms. The van der Waals surface area contributed by atoms with Crippen LogP contribution in [0.25, 0.3) is 0 Å². The van der Waals surface area contributed by atoms with Crippen LogP contribution in [-0.4, -0.2) is 35.9 Å². The Morgan fingerprint density at radius 2 is 1.72 bits per heavy atom. The van der Waals surface area contributed by atoms with E-state index in [2.05, 4.69) is 12.2 Å². The van der Waals surface area contributed by atoms with Gasteiger partial charge < -0.3 is 15.0 Å². The third kappa shape index (κ3) is 8.28. The van der Waals surface area contributed by atoms with Crippen LogP contribution < -0.4 is 10.1 Å². The van der Waals surface area contributed by atoms with Crippen LogP contribution in [0.5, 0.6) is 5.75 Å². The van der Waals surface area contributed by atoms with Crippen molar-refractivity contribution < 1.29 is 14.3 Å². The maximum atomic E-state index is 13.6. The minimum atomic E-state index is -0.716. The van der Waals surface area contributed by atoms with Crippen molar-refractivity contribution in [3.8, 4) is 5.75 Å². The Kier molecular flexibility index (Phi) is 10.6. The number of nitrogens with one attached hydrogen (secondary N) is 1. The van der Waals surface area contributed by atoms with Crippen LogP contribution in [0.4, 0.5) is 0 Å². The monoisotopic (exact) mass is 526 g/mol. The summed E-state index contributed by atoms with van der Waals surface area (Å²) >= 11 is 12.3. The molecule has 0 saturated carbocycles. The predicted molar refractivity (Wildman–Crippen MR) is 146 cm³/mol. The molecule has 0 heterocycles. The van der Waals surface area contributed by atoms with E-state index in [9.17, 15) is 9.59 Å². The summed E-state index contributed by atoms with van der Waals surface area (Å²) in [7, 11) is 0. The van der Waals surface area contributed by atoms with Crippen molar-refractivity contribution >= 4 is 35.0 Å². The van der Waals surface area contributed by atoms with Crippen LogP contribution in [0.1, 0.15) is 36.5 Å². The molecule has 0 fully saturated rings. The van der Waals surface area contributed by atoms with Crippen molar-refractivity contribution in [3.05, 3.63) is 99.5 Å². The average Bonchev–Trinajstić information content (AvgIpc) is 2.87. The molecule has 0 aliphatic heterocycles. The maximum Gasteiger partial charge on any atom is 0.261 e. The normalized spacial score (nSPS) is 11.6. The molecule has 36 heavy (non-hydrogen) atoms. The number of benzene rings is 3. The Bertz CT molecular complexity index is 1150. The zero-order valence-electron chi connectivity index (χ0n) is 20.7. The van der Waals surface area contributed by atoms with Crippen LogP contribution in [0, 0.1) is 6.92 Å². The lowest BCUT2D eigenvalue weighted by Crippen LogP contribution is -2.51. The van der Waals surface area contributed by atoms with Gasteiger partial charge in [0, 0.05) is 29.6 Å². The van der Waals surface area contributed by atoms with E-state index in [-0.39, 0.29) is 25.0 Å². The van der Waals surface area contributed by atoms with Crippen molar-refractivity contribution in [2.45, 2.75) is 45.7 Å². The molecule has 0 radical (unpaired) electrons. The highest BCUT2D eigenvalue weighted by Gasteiger charge is 2.30. The van der Waals surface area contributed by atoms with Gasteiger partial charge in [-0.1, -0.05) is 79.0 Å². The standard InChI is InChI=1S/C29H32Cl2N2O3/c1-3-4-15-32-29(35)27(18-22-9-6-5-7-10-22)33(19-23-11-8-12-24(30)17-23)28(34)20-36-25-13-14-26(31)21(2)16-25/h5-14,16-17,27H,3-4,15,18-20H2,1-2H3,(H,32,35). The quantitative estimate of drug-likeness (QED) is 0.284. The number of aryl methyl sites for hydroxylation is 1. The van der Waals surface area contributed by atoms with Gasteiger partial charge in [0.2, 0.25) is 5.91 Å². The average molecular weight is 527 g/mol. The molecule has 1 N–H and O–H groups in total. The minimum absolute atomic E-state index is 0.190. The van der Waals surface area contributed by atoms with Gasteiger partial charge in [0.1, 0.15) is 11.8 Å². The molecule has 1 atom stereocenters. The second-order valence-electron chi connectivity index (χ2n) is 8.70. The zero-order chi connectivity index (χ0) is 25.9. The number of unbranched alkanes of at least 4 members (excludes halogenated alkanes) is 1. The molecule has 2 amide bonds. The molecule has 0 saturated heterocycles. The lowest BCUT2D eigenvalue weighted by molar-refractivity contribution is -0.142. The van der Waals surface area contributed by atoms with Crippen molar-refractivity contribution in [2.24, 2.45) is 0 Å². The third-order valence-corrected chi connectivity index (χ3v) is 6.49. The van der Waals surface area contributed by atoms with Gasteiger partial charge in [-0.3, -0.25) is 9.59 Å². The van der Waals surface area contributed by atoms with E-state index in [1.807, 2.05) is 49.4 Å². The van der Waals surface area contributed by atoms with Crippen LogP contribution in [0.2, 0.25) is 10.0 Å². The highest BCUT2D eigenvalue weighted by molar-refractivity contribution is 6.31. The summed E-state index contributed by atoms with van der Waals surface area (Å²) in [5.74, 6) is 0.0548. The second kappa shape index (κ2) is 13.9. The molecular weight excluding hydrogens is 495 g/mol. The maximum absolute atomic E-state index is 13.6. The van der Waals surface area contributed by atoms with E-state index < -0.39 is 6.04 Å². The van der Waals surface area contributed by atoms with Crippen LogP contribution >= 0.6 is 23.2 Å². The molecule has 3 rings (SSSR count). The van der Waals surface area contributed by atoms with E-state index in [1.54, 1.807) is 35.2 Å². The molecule has 0 bridgehead atoms. The van der Waals surface area contributed by atoms with E-state index in [1.165, 1.54) is 0 Å². The second-order valence-corrected chi connectivity index (χ2v) is 9.54. The molecule has 1 unspecified atom stereocenters. The minimum Gasteiger partial charge on any atom is -0.484 e. The van der Waals surface area contributed by atoms with Crippen LogP contribution in [-0.2, 0) is 22.6 Å². The first kappa shape index (κ1) is 27.6. The van der Waals surface area contributed by atoms with Crippen molar-refractivity contribution in [2.75, 3.05) is 13.2 Å².